The van der Waals surface area contributed by atoms with Gasteiger partial charge in [0.1, 0.15) is 5.88 Å². The molecule has 0 atom stereocenters. The second-order valence-electron chi connectivity index (χ2n) is 2.94. The van der Waals surface area contributed by atoms with Crippen molar-refractivity contribution in [3.63, 3.8) is 0 Å². The first-order chi connectivity index (χ1) is 7.08. The van der Waals surface area contributed by atoms with Crippen LogP contribution >= 0.6 is 0 Å². The summed E-state index contributed by atoms with van der Waals surface area (Å²) in [6, 6.07) is 6.59. The zero-order valence-corrected chi connectivity index (χ0v) is 8.74. The number of thiol groups is 1. The largest absolute Gasteiger partial charge is 0.481 e. The van der Waals surface area contributed by atoms with Crippen LogP contribution in [0.4, 0.5) is 5.69 Å². The average Bonchev–Trinajstić information content (AvgIpc) is 2.16. The van der Waals surface area contributed by atoms with Gasteiger partial charge in [-0.3, -0.25) is 4.79 Å². The average molecular weight is 229 g/mol. The van der Waals surface area contributed by atoms with Crippen molar-refractivity contribution in [3.05, 3.63) is 29.8 Å². The van der Waals surface area contributed by atoms with Gasteiger partial charge in [0.25, 0.3) is 0 Å². The maximum absolute atomic E-state index is 10.4. The quantitative estimate of drug-likeness (QED) is 0.632. The van der Waals surface area contributed by atoms with Crippen LogP contribution in [0, 0.1) is 0 Å². The van der Waals surface area contributed by atoms with Gasteiger partial charge in [0.05, 0.1) is 6.42 Å². The van der Waals surface area contributed by atoms with E-state index in [0.29, 0.717) is 11.3 Å². The van der Waals surface area contributed by atoms with Gasteiger partial charge in [-0.2, -0.15) is 0 Å². The van der Waals surface area contributed by atoms with Crippen molar-refractivity contribution in [3.8, 4) is 0 Å². The van der Waals surface area contributed by atoms with Gasteiger partial charge in [0.2, 0.25) is 0 Å². The molecule has 15 heavy (non-hydrogen) atoms. The van der Waals surface area contributed by atoms with E-state index in [1.165, 1.54) is 0 Å². The Labute approximate surface area is 88.7 Å². The Hall–Kier alpha value is -1.56. The van der Waals surface area contributed by atoms with Gasteiger partial charge in [-0.05, 0) is 17.7 Å². The molecule has 1 aromatic rings. The molecule has 0 heterocycles. The van der Waals surface area contributed by atoms with Crippen LogP contribution in [-0.4, -0.2) is 25.4 Å². The van der Waals surface area contributed by atoms with E-state index in [9.17, 15) is 13.2 Å². The van der Waals surface area contributed by atoms with Crippen molar-refractivity contribution in [1.29, 1.82) is 0 Å². The fraction of sp³-hybridized carbons (Fsp3) is 0.222. The number of nitrogens with one attached hydrogen (secondary N) is 1. The topological polar surface area (TPSA) is 83.5 Å². The number of carboxylic acids is 1. The fourth-order valence-corrected chi connectivity index (χ4v) is 1.38. The Morgan fingerprint density at radius 3 is 2.33 bits per heavy atom. The second kappa shape index (κ2) is 5.35. The summed E-state index contributed by atoms with van der Waals surface area (Å²) in [6.45, 7) is 0. The van der Waals surface area contributed by atoms with E-state index in [1.807, 2.05) is 0 Å². The van der Waals surface area contributed by atoms with E-state index < -0.39 is 16.7 Å². The molecular weight excluding hydrogens is 218 g/mol. The van der Waals surface area contributed by atoms with Crippen LogP contribution in [0.5, 0.6) is 0 Å². The summed E-state index contributed by atoms with van der Waals surface area (Å²) in [6.07, 6.45) is -0.0316. The van der Waals surface area contributed by atoms with Gasteiger partial charge >= 0.3 is 5.97 Å². The van der Waals surface area contributed by atoms with Crippen molar-refractivity contribution in [2.75, 3.05) is 11.2 Å². The third-order valence-corrected chi connectivity index (χ3v) is 2.14. The molecule has 0 fully saturated rings. The minimum absolute atomic E-state index is 0.0316. The SMILES string of the molecule is O=C(O)Cc1ccc(NC[SH](=O)=O)cc1. The van der Waals surface area contributed by atoms with Gasteiger partial charge in [0.15, 0.2) is 10.7 Å². The van der Waals surface area contributed by atoms with Crippen molar-refractivity contribution in [1.82, 2.24) is 0 Å². The number of hydrogen-bond donors (Lipinski definition) is 3. The lowest BCUT2D eigenvalue weighted by molar-refractivity contribution is -0.136. The van der Waals surface area contributed by atoms with Gasteiger partial charge in [-0.25, -0.2) is 8.42 Å². The second-order valence-corrected chi connectivity index (χ2v) is 3.92. The molecule has 6 heteroatoms. The van der Waals surface area contributed by atoms with E-state index in [1.54, 1.807) is 24.3 Å². The molecule has 0 saturated carbocycles. The van der Waals surface area contributed by atoms with Crippen LogP contribution in [0.25, 0.3) is 0 Å². The number of anilines is 1. The predicted molar refractivity (Wildman–Crippen MR) is 56.6 cm³/mol. The molecule has 1 rings (SSSR count). The van der Waals surface area contributed by atoms with Gasteiger partial charge in [-0.15, -0.1) is 0 Å². The summed E-state index contributed by atoms with van der Waals surface area (Å²) in [4.78, 5) is 10.4. The summed E-state index contributed by atoms with van der Waals surface area (Å²) in [5.74, 6) is -1.01. The highest BCUT2D eigenvalue weighted by Gasteiger charge is 1.99. The first-order valence-electron chi connectivity index (χ1n) is 4.24. The van der Waals surface area contributed by atoms with E-state index in [-0.39, 0.29) is 12.3 Å². The van der Waals surface area contributed by atoms with Crippen LogP contribution in [0.1, 0.15) is 5.56 Å². The molecule has 0 unspecified atom stereocenters. The molecule has 5 nitrogen and oxygen atoms in total. The molecule has 1 aromatic carbocycles. The smallest absolute Gasteiger partial charge is 0.307 e. The van der Waals surface area contributed by atoms with Gasteiger partial charge in [0, 0.05) is 5.69 Å². The molecule has 82 valence electrons. The molecule has 0 amide bonds. The van der Waals surface area contributed by atoms with Gasteiger partial charge < -0.3 is 10.4 Å². The Morgan fingerprint density at radius 1 is 1.27 bits per heavy atom. The third kappa shape index (κ3) is 4.46. The molecule has 0 saturated heterocycles. The lowest BCUT2D eigenvalue weighted by Crippen LogP contribution is -2.03. The normalized spacial score (nSPS) is 10.2. The van der Waals surface area contributed by atoms with Crippen molar-refractivity contribution < 1.29 is 18.3 Å². The fourth-order valence-electron chi connectivity index (χ4n) is 1.07. The highest BCUT2D eigenvalue weighted by atomic mass is 32.2. The molecule has 2 N–H and O–H groups in total. The molecule has 0 spiro atoms. The maximum Gasteiger partial charge on any atom is 0.307 e. The van der Waals surface area contributed by atoms with Crippen LogP contribution in [0.15, 0.2) is 24.3 Å². The summed E-state index contributed by atoms with van der Waals surface area (Å²) in [5.41, 5.74) is 1.34. The zero-order valence-electron chi connectivity index (χ0n) is 7.84. The molecule has 0 aromatic heterocycles. The van der Waals surface area contributed by atoms with Crippen molar-refractivity contribution in [2.45, 2.75) is 6.42 Å². The zero-order chi connectivity index (χ0) is 11.3. The van der Waals surface area contributed by atoms with E-state index >= 15 is 0 Å². The third-order valence-electron chi connectivity index (χ3n) is 1.72. The van der Waals surface area contributed by atoms with Crippen molar-refractivity contribution >= 4 is 22.4 Å². The summed E-state index contributed by atoms with van der Waals surface area (Å²) in [7, 11) is -2.45. The first kappa shape index (κ1) is 11.5. The predicted octanol–water partition coefficient (Wildman–Crippen LogP) is 0.294. The minimum Gasteiger partial charge on any atom is -0.481 e. The first-order valence-corrected chi connectivity index (χ1v) is 5.60. The molecule has 0 aliphatic rings. The molecule has 0 bridgehead atoms. The molecule has 0 aliphatic carbocycles. The lowest BCUT2D eigenvalue weighted by atomic mass is 10.1. The highest BCUT2D eigenvalue weighted by molar-refractivity contribution is 7.72. The number of benzene rings is 1. The molecule has 0 radical (unpaired) electrons. The maximum atomic E-state index is 10.4. The number of aliphatic carboxylic acids is 1. The van der Waals surface area contributed by atoms with E-state index in [0.717, 1.165) is 0 Å². The molecule has 0 aliphatic heterocycles. The number of rotatable bonds is 5. The van der Waals surface area contributed by atoms with Crippen molar-refractivity contribution in [2.24, 2.45) is 0 Å². The number of hydrogen-bond acceptors (Lipinski definition) is 4. The number of carbonyl (C=O) groups is 1. The van der Waals surface area contributed by atoms with Crippen LogP contribution in [0.2, 0.25) is 0 Å². The van der Waals surface area contributed by atoms with Crippen LogP contribution in [0.3, 0.4) is 0 Å². The van der Waals surface area contributed by atoms with E-state index in [2.05, 4.69) is 5.32 Å². The monoisotopic (exact) mass is 229 g/mol. The highest BCUT2D eigenvalue weighted by Crippen LogP contribution is 2.09. The van der Waals surface area contributed by atoms with E-state index in [4.69, 9.17) is 5.11 Å². The Bertz CT molecular complexity index is 403. The summed E-state index contributed by atoms with van der Waals surface area (Å²) >= 11 is 0. The number of carboxylic acid groups (broad SMARTS) is 1. The summed E-state index contributed by atoms with van der Waals surface area (Å²) in [5, 5.41) is 11.2. The Morgan fingerprint density at radius 2 is 1.87 bits per heavy atom. The lowest BCUT2D eigenvalue weighted by Gasteiger charge is -2.02. The summed E-state index contributed by atoms with van der Waals surface area (Å²) < 4.78 is 20.6. The Kier molecular flexibility index (Phi) is 4.11. The Balaban J connectivity index is 2.59. The standard InChI is InChI=1S/C9H11NO4S/c11-9(12)5-7-1-3-8(4-2-7)10-6-15(13)14/h1-4,10,15H,5-6H2,(H,11,12). The minimum atomic E-state index is -2.45. The van der Waals surface area contributed by atoms with Gasteiger partial charge in [-0.1, -0.05) is 12.1 Å². The van der Waals surface area contributed by atoms with Crippen LogP contribution < -0.4 is 5.32 Å². The molecular formula is C9H11NO4S. The van der Waals surface area contributed by atoms with Crippen LogP contribution in [-0.2, 0) is 21.9 Å².